The molecule has 1 fully saturated rings. The maximum Gasteiger partial charge on any atom is 0.323 e. The van der Waals surface area contributed by atoms with E-state index in [2.05, 4.69) is 5.32 Å². The Balaban J connectivity index is 1.69. The van der Waals surface area contributed by atoms with E-state index in [-0.39, 0.29) is 11.4 Å². The largest absolute Gasteiger partial charge is 0.466 e. The highest BCUT2D eigenvalue weighted by Gasteiger charge is 2.32. The second kappa shape index (κ2) is 6.49. The van der Waals surface area contributed by atoms with Gasteiger partial charge in [-0.1, -0.05) is 0 Å². The van der Waals surface area contributed by atoms with Gasteiger partial charge in [0.2, 0.25) is 0 Å². The van der Waals surface area contributed by atoms with Gasteiger partial charge in [-0.15, -0.1) is 23.5 Å². The van der Waals surface area contributed by atoms with Crippen molar-refractivity contribution < 1.29 is 9.21 Å². The van der Waals surface area contributed by atoms with E-state index in [1.807, 2.05) is 47.6 Å². The summed E-state index contributed by atoms with van der Waals surface area (Å²) in [7, 11) is 0. The van der Waals surface area contributed by atoms with Crippen LogP contribution in [0, 0.1) is 0 Å². The van der Waals surface area contributed by atoms with Crippen LogP contribution in [0.1, 0.15) is 11.1 Å². The highest BCUT2D eigenvalue weighted by Crippen LogP contribution is 2.38. The molecule has 21 heavy (non-hydrogen) atoms. The minimum Gasteiger partial charge on any atom is -0.466 e. The van der Waals surface area contributed by atoms with Crippen molar-refractivity contribution >= 4 is 35.2 Å². The molecule has 1 N–H and O–H groups in total. The highest BCUT2D eigenvalue weighted by molar-refractivity contribution is 7.99. The number of rotatable bonds is 3. The lowest BCUT2D eigenvalue weighted by atomic mass is 10.3. The summed E-state index contributed by atoms with van der Waals surface area (Å²) in [6, 6.07) is 11.5. The van der Waals surface area contributed by atoms with Gasteiger partial charge in [-0.25, -0.2) is 4.79 Å². The van der Waals surface area contributed by atoms with Crippen LogP contribution in [0.3, 0.4) is 0 Å². The fourth-order valence-electron chi connectivity index (χ4n) is 2.22. The number of benzene rings is 1. The Morgan fingerprint density at radius 1 is 1.38 bits per heavy atom. The van der Waals surface area contributed by atoms with Crippen molar-refractivity contribution in [2.45, 2.75) is 10.3 Å². The van der Waals surface area contributed by atoms with E-state index < -0.39 is 0 Å². The van der Waals surface area contributed by atoms with Crippen LogP contribution in [0.5, 0.6) is 0 Å². The third-order valence-electron chi connectivity index (χ3n) is 3.28. The van der Waals surface area contributed by atoms with Crippen LogP contribution >= 0.6 is 23.5 Å². The van der Waals surface area contributed by atoms with Gasteiger partial charge in [0.25, 0.3) is 0 Å². The maximum atomic E-state index is 12.4. The van der Waals surface area contributed by atoms with Gasteiger partial charge in [-0.05, 0) is 42.7 Å². The van der Waals surface area contributed by atoms with Gasteiger partial charge in [-0.3, -0.25) is 0 Å². The molecule has 0 saturated carbocycles. The van der Waals surface area contributed by atoms with Crippen LogP contribution in [0.2, 0.25) is 0 Å². The molecule has 1 aliphatic heterocycles. The van der Waals surface area contributed by atoms with Gasteiger partial charge in [0.1, 0.15) is 11.1 Å². The Kier molecular flexibility index (Phi) is 4.45. The number of hydrogen-bond acceptors (Lipinski definition) is 4. The zero-order valence-corrected chi connectivity index (χ0v) is 13.2. The number of nitrogens with zero attached hydrogens (tertiary/aromatic N) is 1. The monoisotopic (exact) mass is 320 g/mol. The summed E-state index contributed by atoms with van der Waals surface area (Å²) in [6.07, 6.45) is 3.68. The lowest BCUT2D eigenvalue weighted by Crippen LogP contribution is -2.34. The standard InChI is InChI=1S/C15H16N2O2S2/c1-20-12-6-4-11(5-7-12)16-15(18)17-8-10-21-14(17)13-3-2-9-19-13/h2-7,9,14H,8,10H2,1H3,(H,16,18)/t14-/m1/s1. The van der Waals surface area contributed by atoms with Crippen LogP contribution < -0.4 is 5.32 Å². The van der Waals surface area contributed by atoms with E-state index in [1.54, 1.807) is 29.8 Å². The molecule has 1 aromatic heterocycles. The first-order valence-electron chi connectivity index (χ1n) is 6.64. The fraction of sp³-hybridized carbons (Fsp3) is 0.267. The molecule has 2 heterocycles. The van der Waals surface area contributed by atoms with Gasteiger partial charge < -0.3 is 14.6 Å². The second-order valence-electron chi connectivity index (χ2n) is 4.59. The normalized spacial score (nSPS) is 18.0. The molecule has 0 unspecified atom stereocenters. The number of hydrogen-bond donors (Lipinski definition) is 1. The molecule has 0 spiro atoms. The minimum absolute atomic E-state index is 0.0366. The van der Waals surface area contributed by atoms with Crippen molar-refractivity contribution in [1.82, 2.24) is 4.90 Å². The summed E-state index contributed by atoms with van der Waals surface area (Å²) >= 11 is 3.40. The summed E-state index contributed by atoms with van der Waals surface area (Å²) in [5, 5.41) is 2.91. The molecular formula is C15H16N2O2S2. The van der Waals surface area contributed by atoms with E-state index in [0.717, 1.165) is 23.7 Å². The van der Waals surface area contributed by atoms with Crippen LogP contribution in [0.4, 0.5) is 10.5 Å². The van der Waals surface area contributed by atoms with E-state index >= 15 is 0 Å². The summed E-state index contributed by atoms with van der Waals surface area (Å²) in [6.45, 7) is 0.727. The molecule has 110 valence electrons. The van der Waals surface area contributed by atoms with Gasteiger partial charge in [-0.2, -0.15) is 0 Å². The lowest BCUT2D eigenvalue weighted by molar-refractivity contribution is 0.210. The Labute approximate surface area is 132 Å². The van der Waals surface area contributed by atoms with Crippen molar-refractivity contribution in [3.05, 3.63) is 48.4 Å². The number of furan rings is 1. The Hall–Kier alpha value is -1.53. The van der Waals surface area contributed by atoms with Crippen molar-refractivity contribution in [2.24, 2.45) is 0 Å². The summed E-state index contributed by atoms with van der Waals surface area (Å²) in [5.74, 6) is 1.75. The lowest BCUT2D eigenvalue weighted by Gasteiger charge is -2.22. The third kappa shape index (κ3) is 3.22. The van der Waals surface area contributed by atoms with Crippen molar-refractivity contribution in [3.63, 3.8) is 0 Å². The van der Waals surface area contributed by atoms with E-state index in [0.29, 0.717) is 0 Å². The number of nitrogens with one attached hydrogen (secondary N) is 1. The van der Waals surface area contributed by atoms with Crippen LogP contribution in [-0.2, 0) is 0 Å². The predicted octanol–water partition coefficient (Wildman–Crippen LogP) is 4.28. The Bertz CT molecular complexity index is 599. The third-order valence-corrected chi connectivity index (χ3v) is 5.24. The average Bonchev–Trinajstić information content (AvgIpc) is 3.18. The van der Waals surface area contributed by atoms with E-state index in [1.165, 1.54) is 4.90 Å². The highest BCUT2D eigenvalue weighted by atomic mass is 32.2. The average molecular weight is 320 g/mol. The Morgan fingerprint density at radius 2 is 2.19 bits per heavy atom. The molecule has 1 aliphatic rings. The first-order chi connectivity index (χ1) is 10.3. The molecular weight excluding hydrogens is 304 g/mol. The van der Waals surface area contributed by atoms with Gasteiger partial charge in [0.15, 0.2) is 0 Å². The van der Waals surface area contributed by atoms with Gasteiger partial charge in [0, 0.05) is 22.9 Å². The van der Waals surface area contributed by atoms with E-state index in [9.17, 15) is 4.79 Å². The number of carbonyl (C=O) groups is 1. The summed E-state index contributed by atoms with van der Waals surface area (Å²) in [5.41, 5.74) is 0.813. The molecule has 1 aromatic carbocycles. The van der Waals surface area contributed by atoms with Gasteiger partial charge in [0.05, 0.1) is 6.26 Å². The predicted molar refractivity (Wildman–Crippen MR) is 87.9 cm³/mol. The van der Waals surface area contributed by atoms with Crippen LogP contribution in [-0.4, -0.2) is 29.5 Å². The van der Waals surface area contributed by atoms with Crippen molar-refractivity contribution in [1.29, 1.82) is 0 Å². The molecule has 0 radical (unpaired) electrons. The topological polar surface area (TPSA) is 45.5 Å². The van der Waals surface area contributed by atoms with Crippen molar-refractivity contribution in [3.8, 4) is 0 Å². The van der Waals surface area contributed by atoms with Crippen molar-refractivity contribution in [2.75, 3.05) is 23.9 Å². The molecule has 6 heteroatoms. The fourth-order valence-corrected chi connectivity index (χ4v) is 3.83. The summed E-state index contributed by atoms with van der Waals surface area (Å²) < 4.78 is 5.43. The Morgan fingerprint density at radius 3 is 2.86 bits per heavy atom. The molecule has 2 amide bonds. The second-order valence-corrected chi connectivity index (χ2v) is 6.66. The maximum absolute atomic E-state index is 12.4. The zero-order chi connectivity index (χ0) is 14.7. The molecule has 4 nitrogen and oxygen atoms in total. The number of anilines is 1. The smallest absolute Gasteiger partial charge is 0.323 e. The molecule has 1 saturated heterocycles. The molecule has 2 aromatic rings. The first-order valence-corrected chi connectivity index (χ1v) is 8.92. The first kappa shape index (κ1) is 14.4. The van der Waals surface area contributed by atoms with E-state index in [4.69, 9.17) is 4.42 Å². The van der Waals surface area contributed by atoms with Crippen LogP contribution in [0.25, 0.3) is 0 Å². The zero-order valence-electron chi connectivity index (χ0n) is 11.6. The quantitative estimate of drug-likeness (QED) is 0.857. The minimum atomic E-state index is -0.0849. The SMILES string of the molecule is CSc1ccc(NC(=O)N2CCS[C@@H]2c2ccco2)cc1. The van der Waals surface area contributed by atoms with Crippen LogP contribution in [0.15, 0.2) is 52.0 Å². The summed E-state index contributed by atoms with van der Waals surface area (Å²) in [4.78, 5) is 15.4. The number of amides is 2. The number of urea groups is 1. The molecule has 3 rings (SSSR count). The molecule has 0 aliphatic carbocycles. The van der Waals surface area contributed by atoms with Gasteiger partial charge >= 0.3 is 6.03 Å². The molecule has 0 bridgehead atoms. The molecule has 1 atom stereocenters. The number of thioether (sulfide) groups is 2. The number of carbonyl (C=O) groups excluding carboxylic acids is 1.